The van der Waals surface area contributed by atoms with Crippen molar-refractivity contribution >= 4 is 29.9 Å². The summed E-state index contributed by atoms with van der Waals surface area (Å²) in [5, 5.41) is 3.51. The number of guanidine groups is 1. The Balaban J connectivity index is 0.00000400. The van der Waals surface area contributed by atoms with Crippen molar-refractivity contribution in [1.82, 2.24) is 20.0 Å². The number of halogens is 1. The maximum Gasteiger partial charge on any atom is 0.193 e. The lowest BCUT2D eigenvalue weighted by atomic mass is 10.2. The van der Waals surface area contributed by atoms with Crippen LogP contribution in [0, 0.1) is 0 Å². The van der Waals surface area contributed by atoms with Crippen LogP contribution < -0.4 is 5.32 Å². The number of hydrogen-bond donors (Lipinski definition) is 1. The Bertz CT molecular complexity index is 290. The van der Waals surface area contributed by atoms with Crippen LogP contribution in [0.5, 0.6) is 0 Å². The molecule has 1 unspecified atom stereocenters. The summed E-state index contributed by atoms with van der Waals surface area (Å²) in [6.45, 7) is 11.3. The van der Waals surface area contributed by atoms with Crippen molar-refractivity contribution in [2.24, 2.45) is 4.99 Å². The maximum absolute atomic E-state index is 4.37. The van der Waals surface area contributed by atoms with Gasteiger partial charge in [0.15, 0.2) is 5.96 Å². The molecular formula is C15H34IN5. The van der Waals surface area contributed by atoms with E-state index in [1.54, 1.807) is 0 Å². The molecule has 0 aromatic heterocycles. The van der Waals surface area contributed by atoms with Crippen molar-refractivity contribution in [2.75, 3.05) is 60.4 Å². The van der Waals surface area contributed by atoms with E-state index < -0.39 is 0 Å². The second-order valence-corrected chi connectivity index (χ2v) is 5.89. The van der Waals surface area contributed by atoms with Crippen LogP contribution in [0.25, 0.3) is 0 Å². The van der Waals surface area contributed by atoms with Crippen molar-refractivity contribution in [2.45, 2.75) is 32.7 Å². The number of hydrogen-bond acceptors (Lipinski definition) is 3. The molecule has 126 valence electrons. The minimum absolute atomic E-state index is 0. The summed E-state index contributed by atoms with van der Waals surface area (Å²) >= 11 is 0. The molecule has 1 aliphatic rings. The lowest BCUT2D eigenvalue weighted by molar-refractivity contribution is 0.119. The Morgan fingerprint density at radius 2 is 1.90 bits per heavy atom. The number of unbranched alkanes of at least 4 members (excludes halogenated alkanes) is 1. The predicted molar refractivity (Wildman–Crippen MR) is 103 cm³/mol. The minimum atomic E-state index is 0. The molecule has 21 heavy (non-hydrogen) atoms. The van der Waals surface area contributed by atoms with Crippen LogP contribution in [0.1, 0.15) is 26.7 Å². The molecule has 0 radical (unpaired) electrons. The zero-order valence-electron chi connectivity index (χ0n) is 14.4. The molecule has 1 rings (SSSR count). The van der Waals surface area contributed by atoms with Gasteiger partial charge in [0.25, 0.3) is 0 Å². The molecule has 0 spiro atoms. The lowest BCUT2D eigenvalue weighted by Gasteiger charge is -2.37. The van der Waals surface area contributed by atoms with Gasteiger partial charge in [0.05, 0.1) is 0 Å². The average Bonchev–Trinajstić information content (AvgIpc) is 2.46. The topological polar surface area (TPSA) is 34.1 Å². The highest BCUT2D eigenvalue weighted by molar-refractivity contribution is 14.0. The summed E-state index contributed by atoms with van der Waals surface area (Å²) in [4.78, 5) is 11.6. The first kappa shape index (κ1) is 20.9. The quantitative estimate of drug-likeness (QED) is 0.409. The van der Waals surface area contributed by atoms with E-state index >= 15 is 0 Å². The van der Waals surface area contributed by atoms with Gasteiger partial charge in [-0.25, -0.2) is 0 Å². The molecule has 1 N–H and O–H groups in total. The Kier molecular flexibility index (Phi) is 11.4. The fourth-order valence-electron chi connectivity index (χ4n) is 2.52. The van der Waals surface area contributed by atoms with Gasteiger partial charge in [-0.1, -0.05) is 13.3 Å². The first-order valence-electron chi connectivity index (χ1n) is 7.92. The van der Waals surface area contributed by atoms with Gasteiger partial charge in [0.2, 0.25) is 0 Å². The van der Waals surface area contributed by atoms with Crippen LogP contribution in [0.2, 0.25) is 0 Å². The maximum atomic E-state index is 4.37. The van der Waals surface area contributed by atoms with Crippen molar-refractivity contribution in [1.29, 1.82) is 0 Å². The monoisotopic (exact) mass is 411 g/mol. The summed E-state index contributed by atoms with van der Waals surface area (Å²) in [5.41, 5.74) is 0. The van der Waals surface area contributed by atoms with Gasteiger partial charge in [0, 0.05) is 59.4 Å². The van der Waals surface area contributed by atoms with Gasteiger partial charge < -0.3 is 15.1 Å². The number of aliphatic imine (C=N–C) groups is 1. The summed E-state index contributed by atoms with van der Waals surface area (Å²) in [7, 11) is 6.18. The van der Waals surface area contributed by atoms with E-state index in [0.717, 1.165) is 19.0 Å². The molecular weight excluding hydrogens is 377 g/mol. The van der Waals surface area contributed by atoms with Gasteiger partial charge in [-0.2, -0.15) is 0 Å². The van der Waals surface area contributed by atoms with Crippen LogP contribution in [0.3, 0.4) is 0 Å². The third-order valence-corrected chi connectivity index (χ3v) is 4.14. The summed E-state index contributed by atoms with van der Waals surface area (Å²) in [6, 6.07) is 0.556. The molecule has 1 saturated heterocycles. The number of likely N-dealkylation sites (N-methyl/N-ethyl adjacent to an activating group) is 1. The molecule has 5 nitrogen and oxygen atoms in total. The molecule has 0 aromatic rings. The predicted octanol–water partition coefficient (Wildman–Crippen LogP) is 1.55. The number of nitrogens with zero attached hydrogens (tertiary/aromatic N) is 4. The van der Waals surface area contributed by atoms with Gasteiger partial charge >= 0.3 is 0 Å². The van der Waals surface area contributed by atoms with Crippen LogP contribution in [-0.4, -0.2) is 87.1 Å². The van der Waals surface area contributed by atoms with Gasteiger partial charge in [0.1, 0.15) is 0 Å². The molecule has 0 bridgehead atoms. The van der Waals surface area contributed by atoms with E-state index in [4.69, 9.17) is 0 Å². The first-order valence-corrected chi connectivity index (χ1v) is 7.92. The van der Waals surface area contributed by atoms with Crippen molar-refractivity contribution in [3.63, 3.8) is 0 Å². The Hall–Kier alpha value is -0.0800. The molecule has 1 heterocycles. The summed E-state index contributed by atoms with van der Waals surface area (Å²) in [6.07, 6.45) is 2.43. The Morgan fingerprint density at radius 3 is 2.43 bits per heavy atom. The van der Waals surface area contributed by atoms with Crippen molar-refractivity contribution < 1.29 is 0 Å². The highest BCUT2D eigenvalue weighted by Crippen LogP contribution is 2.04. The van der Waals surface area contributed by atoms with Gasteiger partial charge in [-0.15, -0.1) is 24.0 Å². The van der Waals surface area contributed by atoms with Gasteiger partial charge in [-0.3, -0.25) is 9.89 Å². The Morgan fingerprint density at radius 1 is 1.29 bits per heavy atom. The van der Waals surface area contributed by atoms with E-state index in [-0.39, 0.29) is 24.0 Å². The third-order valence-electron chi connectivity index (χ3n) is 4.14. The van der Waals surface area contributed by atoms with Crippen LogP contribution in [-0.2, 0) is 0 Å². The molecule has 1 atom stereocenters. The van der Waals surface area contributed by atoms with E-state index in [1.807, 2.05) is 7.05 Å². The Labute approximate surface area is 148 Å². The summed E-state index contributed by atoms with van der Waals surface area (Å²) in [5.74, 6) is 1.01. The number of nitrogens with one attached hydrogen (secondary N) is 1. The van der Waals surface area contributed by atoms with E-state index in [2.05, 4.69) is 53.0 Å². The number of rotatable bonds is 6. The highest BCUT2D eigenvalue weighted by Gasteiger charge is 2.19. The molecule has 1 fully saturated rings. The minimum Gasteiger partial charge on any atom is -0.355 e. The van der Waals surface area contributed by atoms with E-state index in [9.17, 15) is 0 Å². The van der Waals surface area contributed by atoms with E-state index in [1.165, 1.54) is 39.0 Å². The molecule has 0 aromatic carbocycles. The van der Waals surface area contributed by atoms with Crippen molar-refractivity contribution in [3.05, 3.63) is 0 Å². The van der Waals surface area contributed by atoms with Crippen LogP contribution in [0.15, 0.2) is 4.99 Å². The lowest BCUT2D eigenvalue weighted by Crippen LogP contribution is -2.52. The fourth-order valence-corrected chi connectivity index (χ4v) is 2.52. The fraction of sp³-hybridized carbons (Fsp3) is 0.933. The summed E-state index contributed by atoms with van der Waals surface area (Å²) < 4.78 is 0. The molecule has 1 aliphatic heterocycles. The van der Waals surface area contributed by atoms with E-state index in [0.29, 0.717) is 6.04 Å². The van der Waals surface area contributed by atoms with Gasteiger partial charge in [-0.05, 0) is 20.4 Å². The highest BCUT2D eigenvalue weighted by atomic mass is 127. The second-order valence-electron chi connectivity index (χ2n) is 5.89. The molecule has 6 heteroatoms. The third kappa shape index (κ3) is 7.65. The SMILES string of the molecule is CCCCN(C)C(=NC)NCC(C)N1CCN(C)CC1.I. The molecule has 0 saturated carbocycles. The standard InChI is InChI=1S/C15H33N5.HI/c1-6-7-8-19(5)15(16-3)17-13-14(2)20-11-9-18(4)10-12-20;/h14H,6-13H2,1-5H3,(H,16,17);1H. The zero-order valence-corrected chi connectivity index (χ0v) is 16.8. The number of piperazine rings is 1. The van der Waals surface area contributed by atoms with Crippen LogP contribution >= 0.6 is 24.0 Å². The largest absolute Gasteiger partial charge is 0.355 e. The zero-order chi connectivity index (χ0) is 15.0. The van der Waals surface area contributed by atoms with Crippen LogP contribution in [0.4, 0.5) is 0 Å². The molecule has 0 aliphatic carbocycles. The smallest absolute Gasteiger partial charge is 0.193 e. The molecule has 0 amide bonds. The normalized spacial score (nSPS) is 19.0. The van der Waals surface area contributed by atoms with Crippen molar-refractivity contribution in [3.8, 4) is 0 Å². The first-order chi connectivity index (χ1) is 9.58. The average molecular weight is 411 g/mol. The second kappa shape index (κ2) is 11.5.